The summed E-state index contributed by atoms with van der Waals surface area (Å²) in [5.74, 6) is -0.264. The highest BCUT2D eigenvalue weighted by Crippen LogP contribution is 2.27. The van der Waals surface area contributed by atoms with E-state index < -0.39 is 5.91 Å². The number of nitrogens with zero attached hydrogens (tertiary/aromatic N) is 2. The lowest BCUT2D eigenvalue weighted by molar-refractivity contribution is 0.0996. The van der Waals surface area contributed by atoms with Gasteiger partial charge >= 0.3 is 0 Å². The Bertz CT molecular complexity index is 924. The fraction of sp³-hybridized carbons (Fsp3) is 0.111. The fourth-order valence-electron chi connectivity index (χ4n) is 2.41. The number of hydrogen-bond acceptors (Lipinski definition) is 3. The van der Waals surface area contributed by atoms with Crippen LogP contribution in [0, 0.1) is 6.92 Å². The standard InChI is InChI=1S/C18H15Cl2N3O2/c1-11-15(17(20)23(22-11)13-5-3-2-4-6-13)10-25-16-8-7-12(19)9-14(16)18(21)24/h2-9H,10H2,1H3,(H2,21,24). The van der Waals surface area contributed by atoms with Crippen LogP contribution in [0.1, 0.15) is 21.6 Å². The Labute approximate surface area is 154 Å². The summed E-state index contributed by atoms with van der Waals surface area (Å²) in [5.41, 5.74) is 7.92. The SMILES string of the molecule is Cc1nn(-c2ccccc2)c(Cl)c1COc1ccc(Cl)cc1C(N)=O. The molecule has 0 aliphatic heterocycles. The van der Waals surface area contributed by atoms with Crippen molar-refractivity contribution in [3.8, 4) is 11.4 Å². The summed E-state index contributed by atoms with van der Waals surface area (Å²) in [4.78, 5) is 11.5. The monoisotopic (exact) mass is 375 g/mol. The molecule has 0 unspecified atom stereocenters. The number of ether oxygens (including phenoxy) is 1. The van der Waals surface area contributed by atoms with E-state index in [-0.39, 0.29) is 12.2 Å². The Balaban J connectivity index is 1.88. The molecule has 2 aromatic carbocycles. The second-order valence-electron chi connectivity index (χ2n) is 5.40. The van der Waals surface area contributed by atoms with Crippen molar-refractivity contribution in [2.24, 2.45) is 5.73 Å². The van der Waals surface area contributed by atoms with Gasteiger partial charge < -0.3 is 10.5 Å². The van der Waals surface area contributed by atoms with E-state index in [9.17, 15) is 4.79 Å². The zero-order valence-corrected chi connectivity index (χ0v) is 14.9. The average molecular weight is 376 g/mol. The number of aromatic nitrogens is 2. The topological polar surface area (TPSA) is 70.1 Å². The van der Waals surface area contributed by atoms with Crippen molar-refractivity contribution in [1.82, 2.24) is 9.78 Å². The zero-order valence-electron chi connectivity index (χ0n) is 13.4. The molecule has 3 aromatic rings. The quantitative estimate of drug-likeness (QED) is 0.727. The minimum atomic E-state index is -0.611. The smallest absolute Gasteiger partial charge is 0.252 e. The van der Waals surface area contributed by atoms with Crippen LogP contribution < -0.4 is 10.5 Å². The summed E-state index contributed by atoms with van der Waals surface area (Å²) in [7, 11) is 0. The summed E-state index contributed by atoms with van der Waals surface area (Å²) in [6, 6.07) is 14.3. The van der Waals surface area contributed by atoms with Gasteiger partial charge in [0.2, 0.25) is 0 Å². The van der Waals surface area contributed by atoms with Crippen LogP contribution in [0.2, 0.25) is 10.2 Å². The molecule has 0 atom stereocenters. The molecule has 0 fully saturated rings. The number of carbonyl (C=O) groups excluding carboxylic acids is 1. The highest BCUT2D eigenvalue weighted by molar-refractivity contribution is 6.31. The number of nitrogens with two attached hydrogens (primary N) is 1. The Kier molecular flexibility index (Phi) is 4.97. The predicted molar refractivity (Wildman–Crippen MR) is 97.6 cm³/mol. The van der Waals surface area contributed by atoms with Crippen molar-refractivity contribution >= 4 is 29.1 Å². The Morgan fingerprint density at radius 2 is 1.92 bits per heavy atom. The molecule has 0 aliphatic rings. The Morgan fingerprint density at radius 3 is 2.60 bits per heavy atom. The van der Waals surface area contributed by atoms with E-state index in [4.69, 9.17) is 33.7 Å². The van der Waals surface area contributed by atoms with Crippen LogP contribution in [-0.2, 0) is 6.61 Å². The third kappa shape index (κ3) is 3.62. The van der Waals surface area contributed by atoms with Crippen molar-refractivity contribution in [2.45, 2.75) is 13.5 Å². The number of para-hydroxylation sites is 1. The van der Waals surface area contributed by atoms with Gasteiger partial charge in [-0.1, -0.05) is 41.4 Å². The van der Waals surface area contributed by atoms with Crippen molar-refractivity contribution in [3.05, 3.63) is 75.5 Å². The molecule has 1 heterocycles. The van der Waals surface area contributed by atoms with Crippen LogP contribution in [0.4, 0.5) is 0 Å². The first-order valence-electron chi connectivity index (χ1n) is 7.49. The summed E-state index contributed by atoms with van der Waals surface area (Å²) in [6.07, 6.45) is 0. The van der Waals surface area contributed by atoms with Gasteiger partial charge in [0.1, 0.15) is 17.5 Å². The number of primary amides is 1. The predicted octanol–water partition coefficient (Wildman–Crippen LogP) is 4.17. The molecule has 0 saturated heterocycles. The number of aryl methyl sites for hydroxylation is 1. The number of hydrogen-bond donors (Lipinski definition) is 1. The molecular formula is C18H15Cl2N3O2. The summed E-state index contributed by atoms with van der Waals surface area (Å²) in [5, 5.41) is 5.32. The number of amides is 1. The molecule has 7 heteroatoms. The molecule has 5 nitrogen and oxygen atoms in total. The maximum atomic E-state index is 11.5. The fourth-order valence-corrected chi connectivity index (χ4v) is 2.90. The zero-order chi connectivity index (χ0) is 18.0. The summed E-state index contributed by atoms with van der Waals surface area (Å²) >= 11 is 12.4. The first-order chi connectivity index (χ1) is 12.0. The molecule has 2 N–H and O–H groups in total. The van der Waals surface area contributed by atoms with Gasteiger partial charge in [-0.25, -0.2) is 4.68 Å². The third-order valence-corrected chi connectivity index (χ3v) is 4.32. The number of benzene rings is 2. The molecule has 0 bridgehead atoms. The normalized spacial score (nSPS) is 10.7. The number of rotatable bonds is 5. The lowest BCUT2D eigenvalue weighted by Gasteiger charge is -2.10. The van der Waals surface area contributed by atoms with Crippen molar-refractivity contribution < 1.29 is 9.53 Å². The first kappa shape index (κ1) is 17.3. The van der Waals surface area contributed by atoms with Crippen molar-refractivity contribution in [1.29, 1.82) is 0 Å². The van der Waals surface area contributed by atoms with Crippen LogP contribution in [0.3, 0.4) is 0 Å². The summed E-state index contributed by atoms with van der Waals surface area (Å²) < 4.78 is 7.40. The number of halogens is 2. The van der Waals surface area contributed by atoms with E-state index >= 15 is 0 Å². The molecule has 128 valence electrons. The van der Waals surface area contributed by atoms with E-state index in [2.05, 4.69) is 5.10 Å². The third-order valence-electron chi connectivity index (χ3n) is 3.70. The van der Waals surface area contributed by atoms with Crippen LogP contribution in [0.15, 0.2) is 48.5 Å². The van der Waals surface area contributed by atoms with Gasteiger partial charge in [0.05, 0.1) is 16.9 Å². The second kappa shape index (κ2) is 7.17. The van der Waals surface area contributed by atoms with E-state index in [0.29, 0.717) is 15.9 Å². The van der Waals surface area contributed by atoms with Gasteiger partial charge in [-0.3, -0.25) is 4.79 Å². The van der Waals surface area contributed by atoms with Crippen LogP contribution in [0.25, 0.3) is 5.69 Å². The van der Waals surface area contributed by atoms with Gasteiger partial charge in [0.15, 0.2) is 0 Å². The van der Waals surface area contributed by atoms with E-state index in [1.54, 1.807) is 16.8 Å². The van der Waals surface area contributed by atoms with Gasteiger partial charge in [-0.15, -0.1) is 0 Å². The lowest BCUT2D eigenvalue weighted by Crippen LogP contribution is -2.13. The molecule has 1 aromatic heterocycles. The molecule has 0 spiro atoms. The molecule has 3 rings (SSSR count). The van der Waals surface area contributed by atoms with Gasteiger partial charge in [0, 0.05) is 10.6 Å². The van der Waals surface area contributed by atoms with E-state index in [0.717, 1.165) is 16.9 Å². The highest BCUT2D eigenvalue weighted by atomic mass is 35.5. The first-order valence-corrected chi connectivity index (χ1v) is 8.24. The lowest BCUT2D eigenvalue weighted by atomic mass is 10.2. The minimum absolute atomic E-state index is 0.152. The summed E-state index contributed by atoms with van der Waals surface area (Å²) in [6.45, 7) is 2.00. The molecule has 25 heavy (non-hydrogen) atoms. The van der Waals surface area contributed by atoms with Crippen LogP contribution in [-0.4, -0.2) is 15.7 Å². The highest BCUT2D eigenvalue weighted by Gasteiger charge is 2.17. The largest absolute Gasteiger partial charge is 0.488 e. The van der Waals surface area contributed by atoms with Crippen LogP contribution in [0.5, 0.6) is 5.75 Å². The minimum Gasteiger partial charge on any atom is -0.488 e. The molecular weight excluding hydrogens is 361 g/mol. The van der Waals surface area contributed by atoms with Crippen molar-refractivity contribution in [2.75, 3.05) is 0 Å². The molecule has 0 saturated carbocycles. The van der Waals surface area contributed by atoms with E-state index in [1.807, 2.05) is 37.3 Å². The molecule has 1 amide bonds. The van der Waals surface area contributed by atoms with Crippen molar-refractivity contribution in [3.63, 3.8) is 0 Å². The average Bonchev–Trinajstić information content (AvgIpc) is 2.89. The number of carbonyl (C=O) groups is 1. The van der Waals surface area contributed by atoms with Gasteiger partial charge in [0.25, 0.3) is 5.91 Å². The Hall–Kier alpha value is -2.50. The second-order valence-corrected chi connectivity index (χ2v) is 6.19. The van der Waals surface area contributed by atoms with E-state index in [1.165, 1.54) is 6.07 Å². The Morgan fingerprint density at radius 1 is 1.20 bits per heavy atom. The maximum Gasteiger partial charge on any atom is 0.252 e. The van der Waals surface area contributed by atoms with Gasteiger partial charge in [-0.05, 0) is 37.3 Å². The molecule has 0 aliphatic carbocycles. The van der Waals surface area contributed by atoms with Crippen LogP contribution >= 0.6 is 23.2 Å². The van der Waals surface area contributed by atoms with Gasteiger partial charge in [-0.2, -0.15) is 5.10 Å². The maximum absolute atomic E-state index is 11.5. The molecule has 0 radical (unpaired) electrons.